The number of carboxylic acid groups (broad SMARTS) is 1. The SMILES string of the molecule is Cc1cc(C=C2C(=O)N(C)C(=O)N(C)C2=O)c(C)n1-c1ccc(C(=O)[O-])cc1. The van der Waals surface area contributed by atoms with Gasteiger partial charge in [0.2, 0.25) is 0 Å². The van der Waals surface area contributed by atoms with Gasteiger partial charge in [0.05, 0.1) is 5.97 Å². The normalized spacial score (nSPS) is 14.7. The predicted octanol–water partition coefficient (Wildman–Crippen LogP) is 0.891. The Morgan fingerprint density at radius 1 is 0.964 bits per heavy atom. The smallest absolute Gasteiger partial charge is 0.333 e. The quantitative estimate of drug-likeness (QED) is 0.581. The molecule has 1 aliphatic rings. The number of aromatic nitrogens is 1. The van der Waals surface area contributed by atoms with E-state index < -0.39 is 23.8 Å². The molecule has 0 unspecified atom stereocenters. The molecule has 0 aliphatic carbocycles. The summed E-state index contributed by atoms with van der Waals surface area (Å²) in [5.74, 6) is -2.57. The van der Waals surface area contributed by atoms with Crippen molar-refractivity contribution in [1.29, 1.82) is 0 Å². The largest absolute Gasteiger partial charge is 0.545 e. The zero-order valence-corrected chi connectivity index (χ0v) is 15.8. The number of amides is 4. The van der Waals surface area contributed by atoms with Gasteiger partial charge in [0.1, 0.15) is 5.57 Å². The molecule has 3 rings (SSSR count). The van der Waals surface area contributed by atoms with Crippen LogP contribution in [0.5, 0.6) is 0 Å². The first kappa shape index (κ1) is 19.1. The molecule has 0 atom stereocenters. The molecular weight excluding hydrogens is 362 g/mol. The van der Waals surface area contributed by atoms with Gasteiger partial charge in [-0.3, -0.25) is 19.4 Å². The van der Waals surface area contributed by atoms with Crippen molar-refractivity contribution in [3.63, 3.8) is 0 Å². The number of nitrogens with zero attached hydrogens (tertiary/aromatic N) is 3. The molecule has 2 aromatic rings. The molecule has 8 nitrogen and oxygen atoms in total. The number of carboxylic acids is 1. The summed E-state index contributed by atoms with van der Waals surface area (Å²) < 4.78 is 1.88. The summed E-state index contributed by atoms with van der Waals surface area (Å²) in [5.41, 5.74) is 2.94. The maximum Gasteiger partial charge on any atom is 0.333 e. The van der Waals surface area contributed by atoms with Crippen LogP contribution in [0.4, 0.5) is 4.79 Å². The van der Waals surface area contributed by atoms with E-state index in [-0.39, 0.29) is 11.1 Å². The molecule has 0 radical (unpaired) electrons. The summed E-state index contributed by atoms with van der Waals surface area (Å²) in [4.78, 5) is 49.4. The van der Waals surface area contributed by atoms with E-state index in [2.05, 4.69) is 0 Å². The van der Waals surface area contributed by atoms with Crippen LogP contribution in [-0.2, 0) is 9.59 Å². The highest BCUT2D eigenvalue weighted by Gasteiger charge is 2.37. The minimum Gasteiger partial charge on any atom is -0.545 e. The van der Waals surface area contributed by atoms with Crippen LogP contribution in [0.3, 0.4) is 0 Å². The standard InChI is InChI=1S/C20H19N3O5/c1-11-9-14(10-16-17(24)21(3)20(28)22(4)18(16)25)12(2)23(11)15-7-5-13(6-8-15)19(26)27/h5-10H,1-4H3,(H,26,27)/p-1. The average molecular weight is 380 g/mol. The Morgan fingerprint density at radius 2 is 1.50 bits per heavy atom. The molecule has 144 valence electrons. The number of aryl methyl sites for hydroxylation is 1. The number of aromatic carboxylic acids is 1. The Morgan fingerprint density at radius 3 is 2.00 bits per heavy atom. The molecule has 1 aliphatic heterocycles. The van der Waals surface area contributed by atoms with E-state index in [9.17, 15) is 24.3 Å². The number of likely N-dealkylation sites (N-methyl/N-ethyl adjacent to an activating group) is 2. The molecular formula is C20H18N3O5-. The van der Waals surface area contributed by atoms with Crippen LogP contribution in [0, 0.1) is 13.8 Å². The summed E-state index contributed by atoms with van der Waals surface area (Å²) in [5, 5.41) is 10.9. The third kappa shape index (κ3) is 2.98. The number of barbiturate groups is 1. The third-order valence-corrected chi connectivity index (χ3v) is 4.78. The van der Waals surface area contributed by atoms with Crippen molar-refractivity contribution in [2.45, 2.75) is 13.8 Å². The van der Waals surface area contributed by atoms with Crippen LogP contribution in [0.2, 0.25) is 0 Å². The van der Waals surface area contributed by atoms with Gasteiger partial charge < -0.3 is 14.5 Å². The minimum absolute atomic E-state index is 0.0719. The first-order valence-electron chi connectivity index (χ1n) is 8.46. The number of urea groups is 1. The molecule has 4 amide bonds. The van der Waals surface area contributed by atoms with E-state index in [1.54, 1.807) is 12.1 Å². The fourth-order valence-electron chi connectivity index (χ4n) is 3.21. The Hall–Kier alpha value is -3.68. The number of carbonyl (C=O) groups is 4. The zero-order valence-electron chi connectivity index (χ0n) is 15.8. The Bertz CT molecular complexity index is 1020. The second kappa shape index (κ2) is 6.80. The third-order valence-electron chi connectivity index (χ3n) is 4.78. The molecule has 1 saturated heterocycles. The summed E-state index contributed by atoms with van der Waals surface area (Å²) in [7, 11) is 2.65. The van der Waals surface area contributed by atoms with Gasteiger partial charge in [-0.15, -0.1) is 0 Å². The van der Waals surface area contributed by atoms with Crippen LogP contribution in [0.1, 0.15) is 27.3 Å². The first-order valence-corrected chi connectivity index (χ1v) is 8.46. The number of hydrogen-bond acceptors (Lipinski definition) is 5. The maximum atomic E-state index is 12.4. The van der Waals surface area contributed by atoms with Gasteiger partial charge in [-0.05, 0) is 49.2 Å². The van der Waals surface area contributed by atoms with E-state index >= 15 is 0 Å². The molecule has 2 heterocycles. The van der Waals surface area contributed by atoms with E-state index in [1.165, 1.54) is 32.3 Å². The number of carbonyl (C=O) groups excluding carboxylic acids is 4. The van der Waals surface area contributed by atoms with Gasteiger partial charge in [0, 0.05) is 31.2 Å². The van der Waals surface area contributed by atoms with E-state index in [0.717, 1.165) is 26.9 Å². The molecule has 0 spiro atoms. The van der Waals surface area contributed by atoms with Crippen molar-refractivity contribution in [3.8, 4) is 5.69 Å². The lowest BCUT2D eigenvalue weighted by Gasteiger charge is -2.28. The molecule has 1 aromatic heterocycles. The van der Waals surface area contributed by atoms with Crippen LogP contribution < -0.4 is 5.11 Å². The van der Waals surface area contributed by atoms with Crippen LogP contribution in [0.25, 0.3) is 11.8 Å². The van der Waals surface area contributed by atoms with Crippen molar-refractivity contribution in [2.75, 3.05) is 14.1 Å². The lowest BCUT2D eigenvalue weighted by molar-refractivity contribution is -0.255. The summed E-state index contributed by atoms with van der Waals surface area (Å²) in [6.07, 6.45) is 1.47. The van der Waals surface area contributed by atoms with Gasteiger partial charge in [-0.2, -0.15) is 0 Å². The van der Waals surface area contributed by atoms with Crippen LogP contribution in [0.15, 0.2) is 35.9 Å². The minimum atomic E-state index is -1.25. The Balaban J connectivity index is 2.05. The lowest BCUT2D eigenvalue weighted by atomic mass is 10.1. The predicted molar refractivity (Wildman–Crippen MR) is 98.5 cm³/mol. The fraction of sp³-hybridized carbons (Fsp3) is 0.200. The van der Waals surface area contributed by atoms with E-state index in [1.807, 2.05) is 24.5 Å². The molecule has 1 aromatic carbocycles. The number of rotatable bonds is 3. The lowest BCUT2D eigenvalue weighted by Crippen LogP contribution is -2.52. The monoisotopic (exact) mass is 380 g/mol. The number of hydrogen-bond donors (Lipinski definition) is 0. The van der Waals surface area contributed by atoms with Crippen molar-refractivity contribution in [1.82, 2.24) is 14.4 Å². The highest BCUT2D eigenvalue weighted by atomic mass is 16.4. The van der Waals surface area contributed by atoms with Gasteiger partial charge in [-0.1, -0.05) is 12.1 Å². The Kier molecular flexibility index (Phi) is 4.64. The number of imide groups is 2. The highest BCUT2D eigenvalue weighted by Crippen LogP contribution is 2.25. The van der Waals surface area contributed by atoms with Gasteiger partial charge in [0.25, 0.3) is 11.8 Å². The number of benzene rings is 1. The zero-order chi connectivity index (χ0) is 20.7. The molecule has 0 N–H and O–H groups in total. The molecule has 8 heteroatoms. The van der Waals surface area contributed by atoms with Gasteiger partial charge in [-0.25, -0.2) is 4.79 Å². The van der Waals surface area contributed by atoms with E-state index in [0.29, 0.717) is 5.56 Å². The molecule has 0 saturated carbocycles. The van der Waals surface area contributed by atoms with Crippen molar-refractivity contribution in [2.24, 2.45) is 0 Å². The second-order valence-electron chi connectivity index (χ2n) is 6.57. The summed E-state index contributed by atoms with van der Waals surface area (Å²) >= 11 is 0. The van der Waals surface area contributed by atoms with Crippen molar-refractivity contribution in [3.05, 3.63) is 58.4 Å². The van der Waals surface area contributed by atoms with E-state index in [4.69, 9.17) is 0 Å². The molecule has 28 heavy (non-hydrogen) atoms. The average Bonchev–Trinajstić information content (AvgIpc) is 2.95. The Labute approximate surface area is 161 Å². The molecule has 0 bridgehead atoms. The van der Waals surface area contributed by atoms with Gasteiger partial charge in [0.15, 0.2) is 0 Å². The highest BCUT2D eigenvalue weighted by molar-refractivity contribution is 6.30. The van der Waals surface area contributed by atoms with Crippen LogP contribution in [-0.4, -0.2) is 52.3 Å². The van der Waals surface area contributed by atoms with Crippen molar-refractivity contribution < 1.29 is 24.3 Å². The fourth-order valence-corrected chi connectivity index (χ4v) is 3.21. The first-order chi connectivity index (χ1) is 13.1. The summed E-state index contributed by atoms with van der Waals surface area (Å²) in [6.45, 7) is 3.68. The van der Waals surface area contributed by atoms with Gasteiger partial charge >= 0.3 is 6.03 Å². The summed E-state index contributed by atoms with van der Waals surface area (Å²) in [6, 6.07) is 7.34. The van der Waals surface area contributed by atoms with Crippen molar-refractivity contribution >= 4 is 29.9 Å². The molecule has 1 fully saturated rings. The second-order valence-corrected chi connectivity index (χ2v) is 6.57. The van der Waals surface area contributed by atoms with Crippen LogP contribution >= 0.6 is 0 Å². The maximum absolute atomic E-state index is 12.4. The topological polar surface area (TPSA) is 103 Å².